The van der Waals surface area contributed by atoms with Crippen LogP contribution in [0, 0.1) is 19.8 Å². The normalized spacial score (nSPS) is 10.9. The monoisotopic (exact) mass is 236 g/mol. The number of rotatable bonds is 6. The van der Waals surface area contributed by atoms with Crippen LogP contribution in [0.4, 0.5) is 0 Å². The summed E-state index contributed by atoms with van der Waals surface area (Å²) in [7, 11) is 0. The second kappa shape index (κ2) is 6.62. The third-order valence-electron chi connectivity index (χ3n) is 2.96. The summed E-state index contributed by atoms with van der Waals surface area (Å²) in [4.78, 5) is 0. The summed E-state index contributed by atoms with van der Waals surface area (Å²) in [6.07, 6.45) is 0.894. The summed E-state index contributed by atoms with van der Waals surface area (Å²) in [5, 5.41) is 0. The molecular weight excluding hydrogens is 212 g/mol. The van der Waals surface area contributed by atoms with Crippen molar-refractivity contribution in [3.63, 3.8) is 0 Å². The third kappa shape index (κ3) is 3.72. The van der Waals surface area contributed by atoms with Crippen LogP contribution in [0.5, 0.6) is 5.75 Å². The zero-order valence-corrected chi connectivity index (χ0v) is 11.1. The van der Waals surface area contributed by atoms with E-state index in [1.165, 1.54) is 16.7 Å². The molecule has 0 saturated carbocycles. The van der Waals surface area contributed by atoms with Crippen molar-refractivity contribution in [2.75, 3.05) is 19.7 Å². The first-order chi connectivity index (χ1) is 8.12. The predicted molar refractivity (Wildman–Crippen MR) is 72.4 cm³/mol. The molecule has 0 aliphatic heterocycles. The fourth-order valence-electron chi connectivity index (χ4n) is 2.12. The van der Waals surface area contributed by atoms with Crippen LogP contribution in [0.15, 0.2) is 12.1 Å². The van der Waals surface area contributed by atoms with Crippen molar-refractivity contribution < 1.29 is 4.74 Å². The van der Waals surface area contributed by atoms with E-state index in [-0.39, 0.29) is 0 Å². The Morgan fingerprint density at radius 3 is 2.35 bits per heavy atom. The van der Waals surface area contributed by atoms with Gasteiger partial charge in [-0.25, -0.2) is 0 Å². The molecule has 0 aromatic heterocycles. The fourth-order valence-corrected chi connectivity index (χ4v) is 2.12. The van der Waals surface area contributed by atoms with E-state index in [9.17, 15) is 0 Å². The van der Waals surface area contributed by atoms with Crippen LogP contribution >= 0.6 is 0 Å². The zero-order chi connectivity index (χ0) is 12.8. The van der Waals surface area contributed by atoms with Crippen molar-refractivity contribution in [1.82, 2.24) is 0 Å². The molecule has 3 nitrogen and oxygen atoms in total. The summed E-state index contributed by atoms with van der Waals surface area (Å²) in [6, 6.07) is 4.32. The smallest absolute Gasteiger partial charge is 0.125 e. The van der Waals surface area contributed by atoms with Crippen molar-refractivity contribution >= 4 is 0 Å². The van der Waals surface area contributed by atoms with E-state index in [4.69, 9.17) is 16.2 Å². The van der Waals surface area contributed by atoms with Gasteiger partial charge in [-0.1, -0.05) is 17.7 Å². The van der Waals surface area contributed by atoms with Crippen molar-refractivity contribution in [3.8, 4) is 5.75 Å². The lowest BCUT2D eigenvalue weighted by Gasteiger charge is -2.18. The molecule has 0 radical (unpaired) electrons. The molecule has 1 aromatic carbocycles. The molecule has 3 heteroatoms. The highest BCUT2D eigenvalue weighted by Gasteiger charge is 2.12. The largest absolute Gasteiger partial charge is 0.493 e. The van der Waals surface area contributed by atoms with Crippen molar-refractivity contribution in [3.05, 3.63) is 28.8 Å². The highest BCUT2D eigenvalue weighted by Crippen LogP contribution is 2.27. The van der Waals surface area contributed by atoms with Gasteiger partial charge >= 0.3 is 0 Å². The van der Waals surface area contributed by atoms with Crippen molar-refractivity contribution in [1.29, 1.82) is 0 Å². The maximum Gasteiger partial charge on any atom is 0.125 e. The SMILES string of the molecule is CCOc1c(C)cc(C)cc1CC(CN)CN. The molecule has 4 N–H and O–H groups in total. The molecule has 0 aliphatic rings. The number of hydrogen-bond acceptors (Lipinski definition) is 3. The van der Waals surface area contributed by atoms with Gasteiger partial charge in [0.1, 0.15) is 5.75 Å². The van der Waals surface area contributed by atoms with Gasteiger partial charge in [0, 0.05) is 0 Å². The maximum atomic E-state index is 5.73. The summed E-state index contributed by atoms with van der Waals surface area (Å²) in [5.41, 5.74) is 15.1. The molecule has 0 spiro atoms. The first-order valence-electron chi connectivity index (χ1n) is 6.25. The third-order valence-corrected chi connectivity index (χ3v) is 2.96. The van der Waals surface area contributed by atoms with E-state index in [0.29, 0.717) is 25.6 Å². The van der Waals surface area contributed by atoms with Crippen LogP contribution in [0.2, 0.25) is 0 Å². The van der Waals surface area contributed by atoms with Gasteiger partial charge in [-0.3, -0.25) is 0 Å². The molecule has 17 heavy (non-hydrogen) atoms. The van der Waals surface area contributed by atoms with Gasteiger partial charge in [0.25, 0.3) is 0 Å². The number of ether oxygens (including phenoxy) is 1. The molecule has 0 atom stereocenters. The lowest BCUT2D eigenvalue weighted by Crippen LogP contribution is -2.25. The summed E-state index contributed by atoms with van der Waals surface area (Å²) < 4.78 is 5.73. The molecule has 0 saturated heterocycles. The Morgan fingerprint density at radius 1 is 1.18 bits per heavy atom. The second-order valence-corrected chi connectivity index (χ2v) is 4.54. The van der Waals surface area contributed by atoms with Crippen LogP contribution in [-0.2, 0) is 6.42 Å². The summed E-state index contributed by atoms with van der Waals surface area (Å²) in [6.45, 7) is 8.12. The Kier molecular flexibility index (Phi) is 5.45. The van der Waals surface area contributed by atoms with E-state index in [1.807, 2.05) is 6.92 Å². The number of aryl methyl sites for hydroxylation is 2. The number of hydrogen-bond donors (Lipinski definition) is 2. The molecule has 0 amide bonds. The maximum absolute atomic E-state index is 5.73. The molecule has 96 valence electrons. The molecule has 0 bridgehead atoms. The van der Waals surface area contributed by atoms with Crippen LogP contribution in [0.3, 0.4) is 0 Å². The quantitative estimate of drug-likeness (QED) is 0.791. The van der Waals surface area contributed by atoms with Gasteiger partial charge in [-0.15, -0.1) is 0 Å². The number of nitrogens with two attached hydrogens (primary N) is 2. The van der Waals surface area contributed by atoms with Gasteiger partial charge in [0.05, 0.1) is 6.61 Å². The fraction of sp³-hybridized carbons (Fsp3) is 0.571. The van der Waals surface area contributed by atoms with Gasteiger partial charge < -0.3 is 16.2 Å². The Morgan fingerprint density at radius 2 is 1.82 bits per heavy atom. The molecular formula is C14H24N2O. The summed E-state index contributed by atoms with van der Waals surface area (Å²) >= 11 is 0. The van der Waals surface area contributed by atoms with Crippen molar-refractivity contribution in [2.45, 2.75) is 27.2 Å². The predicted octanol–water partition coefficient (Wildman–Crippen LogP) is 1.78. The summed E-state index contributed by atoms with van der Waals surface area (Å²) in [5.74, 6) is 1.33. The van der Waals surface area contributed by atoms with Crippen LogP contribution in [0.1, 0.15) is 23.6 Å². The molecule has 1 rings (SSSR count). The lowest BCUT2D eigenvalue weighted by molar-refractivity contribution is 0.332. The molecule has 0 aliphatic carbocycles. The Balaban J connectivity index is 3.02. The lowest BCUT2D eigenvalue weighted by atomic mass is 9.95. The molecule has 1 aromatic rings. The second-order valence-electron chi connectivity index (χ2n) is 4.54. The highest BCUT2D eigenvalue weighted by molar-refractivity contribution is 5.44. The Labute approximate surface area is 104 Å². The minimum Gasteiger partial charge on any atom is -0.493 e. The van der Waals surface area contributed by atoms with Crippen LogP contribution in [0.25, 0.3) is 0 Å². The van der Waals surface area contributed by atoms with E-state index >= 15 is 0 Å². The van der Waals surface area contributed by atoms with E-state index in [0.717, 1.165) is 12.2 Å². The van der Waals surface area contributed by atoms with Gasteiger partial charge in [-0.05, 0) is 57.3 Å². The van der Waals surface area contributed by atoms with E-state index < -0.39 is 0 Å². The number of benzene rings is 1. The minimum atomic E-state index is 0.329. The highest BCUT2D eigenvalue weighted by atomic mass is 16.5. The average molecular weight is 236 g/mol. The van der Waals surface area contributed by atoms with Crippen molar-refractivity contribution in [2.24, 2.45) is 17.4 Å². The average Bonchev–Trinajstić information content (AvgIpc) is 2.30. The Hall–Kier alpha value is -1.06. The Bertz CT molecular complexity index is 359. The molecule has 0 heterocycles. The first-order valence-corrected chi connectivity index (χ1v) is 6.25. The van der Waals surface area contributed by atoms with E-state index in [2.05, 4.69) is 26.0 Å². The molecule has 0 unspecified atom stereocenters. The van der Waals surface area contributed by atoms with Crippen LogP contribution < -0.4 is 16.2 Å². The van der Waals surface area contributed by atoms with Gasteiger partial charge in [0.15, 0.2) is 0 Å². The minimum absolute atomic E-state index is 0.329. The van der Waals surface area contributed by atoms with E-state index in [1.54, 1.807) is 0 Å². The topological polar surface area (TPSA) is 61.3 Å². The van der Waals surface area contributed by atoms with Gasteiger partial charge in [-0.2, -0.15) is 0 Å². The van der Waals surface area contributed by atoms with Gasteiger partial charge in [0.2, 0.25) is 0 Å². The van der Waals surface area contributed by atoms with Crippen LogP contribution in [-0.4, -0.2) is 19.7 Å². The molecule has 0 fully saturated rings. The standard InChI is InChI=1S/C14H24N2O/c1-4-17-14-11(3)5-10(2)6-13(14)7-12(8-15)9-16/h5-6,12H,4,7-9,15-16H2,1-3H3. The first kappa shape index (κ1) is 14.0. The zero-order valence-electron chi connectivity index (χ0n) is 11.1.